The maximum Gasteiger partial charge on any atom is 0.193 e. The molecule has 2 aromatic rings. The Morgan fingerprint density at radius 2 is 2.15 bits per heavy atom. The summed E-state index contributed by atoms with van der Waals surface area (Å²) in [6, 6.07) is 7.34. The Kier molecular flexibility index (Phi) is 5.84. The third-order valence-electron chi connectivity index (χ3n) is 5.31. The van der Waals surface area contributed by atoms with E-state index in [1.54, 1.807) is 12.1 Å². The van der Waals surface area contributed by atoms with E-state index in [0.717, 1.165) is 37.5 Å². The van der Waals surface area contributed by atoms with Gasteiger partial charge in [-0.25, -0.2) is 4.39 Å². The molecule has 0 radical (unpaired) electrons. The molecule has 2 aliphatic rings. The molecule has 7 heteroatoms. The second kappa shape index (κ2) is 7.94. The summed E-state index contributed by atoms with van der Waals surface area (Å²) in [5.74, 6) is 1.56. The number of aliphatic imine (C=N–C) groups is 1. The van der Waals surface area contributed by atoms with Crippen LogP contribution < -0.4 is 5.32 Å². The second-order valence-corrected chi connectivity index (χ2v) is 7.04. The van der Waals surface area contributed by atoms with Gasteiger partial charge in [0.05, 0.1) is 6.20 Å². The minimum Gasteiger partial charge on any atom is -0.353 e. The summed E-state index contributed by atoms with van der Waals surface area (Å²) in [5.41, 5.74) is 2.10. The summed E-state index contributed by atoms with van der Waals surface area (Å²) in [4.78, 5) is 6.75. The number of aryl methyl sites for hydroxylation is 1. The number of hydrogen-bond donors (Lipinski definition) is 1. The van der Waals surface area contributed by atoms with Crippen LogP contribution in [0.4, 0.5) is 4.39 Å². The molecule has 5 nitrogen and oxygen atoms in total. The van der Waals surface area contributed by atoms with Gasteiger partial charge in [-0.1, -0.05) is 18.2 Å². The van der Waals surface area contributed by atoms with Crippen LogP contribution in [0.3, 0.4) is 0 Å². The van der Waals surface area contributed by atoms with E-state index in [1.807, 2.05) is 37.1 Å². The van der Waals surface area contributed by atoms with Crippen LogP contribution in [0.5, 0.6) is 0 Å². The number of nitrogens with zero attached hydrogens (tertiary/aromatic N) is 4. The molecule has 3 unspecified atom stereocenters. The first kappa shape index (κ1) is 19.1. The van der Waals surface area contributed by atoms with Crippen LogP contribution in [0.15, 0.2) is 41.7 Å². The fourth-order valence-electron chi connectivity index (χ4n) is 3.81. The molecule has 1 N–H and O–H groups in total. The van der Waals surface area contributed by atoms with Gasteiger partial charge in [-0.2, -0.15) is 5.10 Å². The Hall–Kier alpha value is -1.64. The zero-order chi connectivity index (χ0) is 17.4. The van der Waals surface area contributed by atoms with Crippen LogP contribution in [0.1, 0.15) is 35.8 Å². The molecule has 1 saturated carbocycles. The quantitative estimate of drug-likeness (QED) is 0.427. The highest BCUT2D eigenvalue weighted by Crippen LogP contribution is 2.42. The predicted molar refractivity (Wildman–Crippen MR) is 112 cm³/mol. The second-order valence-electron chi connectivity index (χ2n) is 7.04. The van der Waals surface area contributed by atoms with Crippen LogP contribution in [0, 0.1) is 5.82 Å². The number of rotatable bonds is 3. The maximum atomic E-state index is 13.9. The van der Waals surface area contributed by atoms with Gasteiger partial charge >= 0.3 is 0 Å². The lowest BCUT2D eigenvalue weighted by atomic mass is 10.0. The van der Waals surface area contributed by atoms with Crippen molar-refractivity contribution in [1.82, 2.24) is 20.0 Å². The van der Waals surface area contributed by atoms with Crippen LogP contribution in [-0.4, -0.2) is 46.8 Å². The standard InChI is InChI=1S/C19H24FN5.HI/c1-21-19(23-18-9-16(18)15-5-3-4-6-17(15)20)25-8-7-13(12-25)14-10-22-24(2)11-14;/h3-6,10-11,13,16,18H,7-9,12H2,1-2H3,(H,21,23);1H. The minimum absolute atomic E-state index is 0. The van der Waals surface area contributed by atoms with Gasteiger partial charge in [-0.05, 0) is 30.0 Å². The van der Waals surface area contributed by atoms with Gasteiger partial charge in [0.15, 0.2) is 5.96 Å². The van der Waals surface area contributed by atoms with E-state index in [9.17, 15) is 4.39 Å². The summed E-state index contributed by atoms with van der Waals surface area (Å²) in [7, 11) is 3.77. The van der Waals surface area contributed by atoms with Gasteiger partial charge in [0.1, 0.15) is 5.82 Å². The number of guanidine groups is 1. The van der Waals surface area contributed by atoms with E-state index in [-0.39, 0.29) is 41.8 Å². The molecule has 4 rings (SSSR count). The Balaban J connectivity index is 0.00000196. The van der Waals surface area contributed by atoms with E-state index in [4.69, 9.17) is 0 Å². The summed E-state index contributed by atoms with van der Waals surface area (Å²) < 4.78 is 15.8. The van der Waals surface area contributed by atoms with Crippen molar-refractivity contribution in [2.24, 2.45) is 12.0 Å². The van der Waals surface area contributed by atoms with Crippen molar-refractivity contribution in [3.8, 4) is 0 Å². The summed E-state index contributed by atoms with van der Waals surface area (Å²) in [6.07, 6.45) is 6.12. The van der Waals surface area contributed by atoms with Crippen LogP contribution in [0.25, 0.3) is 0 Å². The smallest absolute Gasteiger partial charge is 0.193 e. The van der Waals surface area contributed by atoms with Crippen molar-refractivity contribution < 1.29 is 4.39 Å². The lowest BCUT2D eigenvalue weighted by molar-refractivity contribution is 0.484. The molecule has 0 spiro atoms. The molecule has 1 aliphatic carbocycles. The molecular formula is C19H25FIN5. The average molecular weight is 469 g/mol. The van der Waals surface area contributed by atoms with Gasteiger partial charge < -0.3 is 10.2 Å². The molecule has 0 amide bonds. The maximum absolute atomic E-state index is 13.9. The monoisotopic (exact) mass is 469 g/mol. The van der Waals surface area contributed by atoms with Crippen molar-refractivity contribution in [1.29, 1.82) is 0 Å². The molecular weight excluding hydrogens is 444 g/mol. The molecule has 140 valence electrons. The van der Waals surface area contributed by atoms with Crippen molar-refractivity contribution in [2.75, 3.05) is 20.1 Å². The van der Waals surface area contributed by atoms with E-state index in [0.29, 0.717) is 5.92 Å². The number of likely N-dealkylation sites (tertiary alicyclic amines) is 1. The van der Waals surface area contributed by atoms with Gasteiger partial charge in [-0.15, -0.1) is 24.0 Å². The molecule has 1 aromatic carbocycles. The molecule has 2 fully saturated rings. The Bertz CT molecular complexity index is 790. The Morgan fingerprint density at radius 1 is 1.35 bits per heavy atom. The number of halogens is 2. The Labute approximate surface area is 170 Å². The first-order valence-electron chi connectivity index (χ1n) is 8.87. The number of aromatic nitrogens is 2. The lowest BCUT2D eigenvalue weighted by Crippen LogP contribution is -2.41. The van der Waals surface area contributed by atoms with Crippen molar-refractivity contribution in [3.63, 3.8) is 0 Å². The molecule has 1 saturated heterocycles. The van der Waals surface area contributed by atoms with Crippen molar-refractivity contribution >= 4 is 29.9 Å². The molecule has 0 bridgehead atoms. The number of hydrogen-bond acceptors (Lipinski definition) is 2. The lowest BCUT2D eigenvalue weighted by Gasteiger charge is -2.22. The largest absolute Gasteiger partial charge is 0.353 e. The normalized spacial score (nSPS) is 25.1. The summed E-state index contributed by atoms with van der Waals surface area (Å²) in [5, 5.41) is 7.80. The van der Waals surface area contributed by atoms with Crippen molar-refractivity contribution in [3.05, 3.63) is 53.6 Å². The van der Waals surface area contributed by atoms with Crippen LogP contribution in [0.2, 0.25) is 0 Å². The third-order valence-corrected chi connectivity index (χ3v) is 5.31. The topological polar surface area (TPSA) is 45.5 Å². The predicted octanol–water partition coefficient (Wildman–Crippen LogP) is 3.10. The fourth-order valence-corrected chi connectivity index (χ4v) is 3.81. The van der Waals surface area contributed by atoms with Gasteiger partial charge in [0.25, 0.3) is 0 Å². The van der Waals surface area contributed by atoms with Gasteiger partial charge in [0, 0.05) is 51.3 Å². The highest BCUT2D eigenvalue weighted by atomic mass is 127. The number of nitrogens with one attached hydrogen (secondary N) is 1. The first-order valence-corrected chi connectivity index (χ1v) is 8.87. The zero-order valence-electron chi connectivity index (χ0n) is 15.1. The summed E-state index contributed by atoms with van der Waals surface area (Å²) in [6.45, 7) is 1.93. The van der Waals surface area contributed by atoms with Crippen LogP contribution in [-0.2, 0) is 7.05 Å². The highest BCUT2D eigenvalue weighted by molar-refractivity contribution is 14.0. The van der Waals surface area contributed by atoms with E-state index in [2.05, 4.69) is 26.5 Å². The minimum atomic E-state index is -0.107. The SMILES string of the molecule is CN=C(NC1CC1c1ccccc1F)N1CCC(c2cnn(C)c2)C1.I. The third kappa shape index (κ3) is 3.87. The van der Waals surface area contributed by atoms with Crippen molar-refractivity contribution in [2.45, 2.75) is 30.7 Å². The van der Waals surface area contributed by atoms with Gasteiger partial charge in [0.2, 0.25) is 0 Å². The molecule has 1 aromatic heterocycles. The van der Waals surface area contributed by atoms with E-state index >= 15 is 0 Å². The van der Waals surface area contributed by atoms with Crippen LogP contribution >= 0.6 is 24.0 Å². The highest BCUT2D eigenvalue weighted by Gasteiger charge is 2.41. The van der Waals surface area contributed by atoms with E-state index < -0.39 is 0 Å². The zero-order valence-corrected chi connectivity index (χ0v) is 17.4. The molecule has 3 atom stereocenters. The van der Waals surface area contributed by atoms with Gasteiger partial charge in [-0.3, -0.25) is 9.67 Å². The summed E-state index contributed by atoms with van der Waals surface area (Å²) >= 11 is 0. The fraction of sp³-hybridized carbons (Fsp3) is 0.474. The average Bonchev–Trinajstić information content (AvgIpc) is 2.99. The molecule has 1 aliphatic heterocycles. The Morgan fingerprint density at radius 3 is 2.85 bits per heavy atom. The van der Waals surface area contributed by atoms with E-state index in [1.165, 1.54) is 5.56 Å². The number of benzene rings is 1. The first-order chi connectivity index (χ1) is 12.2. The molecule has 2 heterocycles. The molecule has 26 heavy (non-hydrogen) atoms.